The number of imidazole rings is 1. The number of Topliss-reactive ketones (excluding diaryl/α,β-unsaturated/α-hetero) is 1. The van der Waals surface area contributed by atoms with Gasteiger partial charge in [0.15, 0.2) is 5.78 Å². The molecule has 0 saturated carbocycles. The second-order valence-corrected chi connectivity index (χ2v) is 10.1. The van der Waals surface area contributed by atoms with Gasteiger partial charge >= 0.3 is 0 Å². The standard InChI is InChI=1S/C29H38FN3O2/c1-5-35-20-26(34)24(16-23(30)17-31)27(29(2,3)4)28-32-25(22-14-10-7-11-15-22)19-33(28)18-21-12-8-6-9-13-21/h6-15,19,23-24,27H,5,16-18,20,31H2,1-4H3/t23-,24-,27?/m0/s1. The minimum atomic E-state index is -1.28. The highest BCUT2D eigenvalue weighted by atomic mass is 19.1. The maximum absolute atomic E-state index is 14.7. The first-order valence-corrected chi connectivity index (χ1v) is 12.4. The molecule has 1 unspecified atom stereocenters. The molecule has 0 aliphatic carbocycles. The van der Waals surface area contributed by atoms with Gasteiger partial charge in [0.1, 0.15) is 18.6 Å². The number of alkyl halides is 1. The summed E-state index contributed by atoms with van der Waals surface area (Å²) in [5.41, 5.74) is 8.23. The van der Waals surface area contributed by atoms with Gasteiger partial charge in [-0.15, -0.1) is 0 Å². The van der Waals surface area contributed by atoms with Gasteiger partial charge in [-0.3, -0.25) is 4.79 Å². The van der Waals surface area contributed by atoms with Crippen LogP contribution in [0.2, 0.25) is 0 Å². The lowest BCUT2D eigenvalue weighted by Crippen LogP contribution is -2.38. The minimum absolute atomic E-state index is 0.0449. The van der Waals surface area contributed by atoms with Gasteiger partial charge in [0.25, 0.3) is 0 Å². The molecule has 0 spiro atoms. The molecule has 2 aromatic carbocycles. The molecule has 188 valence electrons. The number of hydrogen-bond acceptors (Lipinski definition) is 4. The van der Waals surface area contributed by atoms with E-state index in [0.29, 0.717) is 13.2 Å². The summed E-state index contributed by atoms with van der Waals surface area (Å²) in [5.74, 6) is -0.278. The SMILES string of the molecule is CCOCC(=O)[C@H](C[C@H](F)CN)C(c1nc(-c2ccccc2)cn1Cc1ccccc1)C(C)(C)C. The first-order chi connectivity index (χ1) is 16.7. The predicted molar refractivity (Wildman–Crippen MR) is 139 cm³/mol. The summed E-state index contributed by atoms with van der Waals surface area (Å²) >= 11 is 0. The molecule has 35 heavy (non-hydrogen) atoms. The lowest BCUT2D eigenvalue weighted by molar-refractivity contribution is -0.130. The fourth-order valence-corrected chi connectivity index (χ4v) is 4.64. The molecule has 3 rings (SSSR count). The Morgan fingerprint density at radius 1 is 1.09 bits per heavy atom. The maximum atomic E-state index is 14.7. The molecule has 0 bridgehead atoms. The van der Waals surface area contributed by atoms with E-state index >= 15 is 0 Å². The summed E-state index contributed by atoms with van der Waals surface area (Å²) in [7, 11) is 0. The third-order valence-corrected chi connectivity index (χ3v) is 6.31. The minimum Gasteiger partial charge on any atom is -0.374 e. The zero-order valence-corrected chi connectivity index (χ0v) is 21.3. The number of ketones is 1. The average Bonchev–Trinajstić information content (AvgIpc) is 3.25. The third kappa shape index (κ3) is 7.09. The van der Waals surface area contributed by atoms with Crippen molar-refractivity contribution in [2.24, 2.45) is 17.1 Å². The zero-order chi connectivity index (χ0) is 25.4. The topological polar surface area (TPSA) is 70.1 Å². The van der Waals surface area contributed by atoms with Crippen molar-refractivity contribution < 1.29 is 13.9 Å². The highest BCUT2D eigenvalue weighted by Gasteiger charge is 2.41. The molecule has 0 aliphatic rings. The van der Waals surface area contributed by atoms with Gasteiger partial charge in [0.2, 0.25) is 0 Å². The molecule has 3 atom stereocenters. The van der Waals surface area contributed by atoms with Crippen LogP contribution in [0.15, 0.2) is 66.9 Å². The molecule has 1 heterocycles. The van der Waals surface area contributed by atoms with Crippen molar-refractivity contribution in [1.82, 2.24) is 9.55 Å². The number of rotatable bonds is 12. The Bertz CT molecular complexity index is 1060. The van der Waals surface area contributed by atoms with Gasteiger partial charge in [0.05, 0.1) is 5.69 Å². The highest BCUT2D eigenvalue weighted by molar-refractivity contribution is 5.83. The Kier molecular flexibility index (Phi) is 9.35. The predicted octanol–water partition coefficient (Wildman–Crippen LogP) is 5.64. The largest absolute Gasteiger partial charge is 0.374 e. The van der Waals surface area contributed by atoms with Gasteiger partial charge in [-0.25, -0.2) is 9.37 Å². The van der Waals surface area contributed by atoms with E-state index in [0.717, 1.165) is 22.6 Å². The van der Waals surface area contributed by atoms with E-state index in [1.54, 1.807) is 0 Å². The molecule has 0 aliphatic heterocycles. The fourth-order valence-electron chi connectivity index (χ4n) is 4.64. The highest BCUT2D eigenvalue weighted by Crippen LogP contribution is 2.44. The second-order valence-electron chi connectivity index (χ2n) is 10.1. The van der Waals surface area contributed by atoms with Crippen LogP contribution in [0.1, 0.15) is 51.4 Å². The Morgan fingerprint density at radius 3 is 2.29 bits per heavy atom. The van der Waals surface area contributed by atoms with E-state index < -0.39 is 12.1 Å². The second kappa shape index (κ2) is 12.2. The summed E-state index contributed by atoms with van der Waals surface area (Å²) in [6.45, 7) is 8.95. The monoisotopic (exact) mass is 479 g/mol. The number of nitrogens with two attached hydrogens (primary N) is 1. The Morgan fingerprint density at radius 2 is 1.71 bits per heavy atom. The van der Waals surface area contributed by atoms with E-state index in [1.165, 1.54) is 0 Å². The molecular formula is C29H38FN3O2. The number of hydrogen-bond donors (Lipinski definition) is 1. The van der Waals surface area contributed by atoms with Crippen LogP contribution in [-0.2, 0) is 16.1 Å². The number of benzene rings is 2. The molecule has 3 aromatic rings. The summed E-state index contributed by atoms with van der Waals surface area (Å²) in [6, 6.07) is 20.1. The van der Waals surface area contributed by atoms with Gasteiger partial charge in [-0.2, -0.15) is 0 Å². The van der Waals surface area contributed by atoms with E-state index in [1.807, 2.05) is 61.7 Å². The van der Waals surface area contributed by atoms with E-state index in [2.05, 4.69) is 37.5 Å². The fraction of sp³-hybridized carbons (Fsp3) is 0.448. The summed E-state index contributed by atoms with van der Waals surface area (Å²) < 4.78 is 22.3. The van der Waals surface area contributed by atoms with Crippen LogP contribution in [0.25, 0.3) is 11.3 Å². The Hall–Kier alpha value is -2.83. The molecule has 0 amide bonds. The van der Waals surface area contributed by atoms with Gasteiger partial charge in [0, 0.05) is 43.3 Å². The molecule has 0 saturated heterocycles. The normalized spacial score (nSPS) is 14.5. The van der Waals surface area contributed by atoms with E-state index in [4.69, 9.17) is 15.5 Å². The van der Waals surface area contributed by atoms with Crippen LogP contribution in [0.5, 0.6) is 0 Å². The molecule has 0 fully saturated rings. The van der Waals surface area contributed by atoms with Crippen molar-refractivity contribution >= 4 is 5.78 Å². The number of aromatic nitrogens is 2. The van der Waals surface area contributed by atoms with E-state index in [9.17, 15) is 9.18 Å². The first kappa shape index (κ1) is 26.8. The number of halogens is 1. The smallest absolute Gasteiger partial charge is 0.162 e. The zero-order valence-electron chi connectivity index (χ0n) is 21.3. The van der Waals surface area contributed by atoms with Gasteiger partial charge in [-0.1, -0.05) is 81.4 Å². The summed E-state index contributed by atoms with van der Waals surface area (Å²) in [6.07, 6.45) is 0.807. The van der Waals surface area contributed by atoms with Crippen molar-refractivity contribution in [2.45, 2.75) is 52.8 Å². The van der Waals surface area contributed by atoms with E-state index in [-0.39, 0.29) is 36.7 Å². The summed E-state index contributed by atoms with van der Waals surface area (Å²) in [5, 5.41) is 0. The number of carbonyl (C=O) groups excluding carboxylic acids is 1. The first-order valence-electron chi connectivity index (χ1n) is 12.4. The van der Waals surface area contributed by atoms with Crippen LogP contribution in [0.3, 0.4) is 0 Å². The van der Waals surface area contributed by atoms with Crippen LogP contribution in [0.4, 0.5) is 4.39 Å². The number of nitrogens with zero attached hydrogens (tertiary/aromatic N) is 2. The summed E-state index contributed by atoms with van der Waals surface area (Å²) in [4.78, 5) is 18.5. The maximum Gasteiger partial charge on any atom is 0.162 e. The third-order valence-electron chi connectivity index (χ3n) is 6.31. The molecule has 2 N–H and O–H groups in total. The van der Waals surface area contributed by atoms with Crippen molar-refractivity contribution in [3.05, 3.63) is 78.2 Å². The van der Waals surface area contributed by atoms with Crippen LogP contribution in [-0.4, -0.2) is 41.3 Å². The van der Waals surface area contributed by atoms with Crippen LogP contribution < -0.4 is 5.73 Å². The van der Waals surface area contributed by atoms with Gasteiger partial charge in [-0.05, 0) is 24.3 Å². The average molecular weight is 480 g/mol. The molecule has 1 aromatic heterocycles. The van der Waals surface area contributed by atoms with Crippen LogP contribution >= 0.6 is 0 Å². The molecule has 0 radical (unpaired) electrons. The molecule has 6 heteroatoms. The molecular weight excluding hydrogens is 441 g/mol. The van der Waals surface area contributed by atoms with Crippen molar-refractivity contribution in [2.75, 3.05) is 19.8 Å². The lowest BCUT2D eigenvalue weighted by Gasteiger charge is -2.37. The quantitative estimate of drug-likeness (QED) is 0.365. The van der Waals surface area contributed by atoms with Gasteiger partial charge < -0.3 is 15.0 Å². The van der Waals surface area contributed by atoms with Crippen molar-refractivity contribution in [3.8, 4) is 11.3 Å². The Balaban J connectivity index is 2.15. The van der Waals surface area contributed by atoms with Crippen LogP contribution in [0, 0.1) is 11.3 Å². The Labute approximate surface area is 208 Å². The van der Waals surface area contributed by atoms with Crippen molar-refractivity contribution in [1.29, 1.82) is 0 Å². The number of carbonyl (C=O) groups is 1. The lowest BCUT2D eigenvalue weighted by atomic mass is 9.69. The molecule has 5 nitrogen and oxygen atoms in total. The number of ether oxygens (including phenoxy) is 1. The van der Waals surface area contributed by atoms with Crippen molar-refractivity contribution in [3.63, 3.8) is 0 Å².